The van der Waals surface area contributed by atoms with Crippen molar-refractivity contribution in [2.45, 2.75) is 0 Å². The summed E-state index contributed by atoms with van der Waals surface area (Å²) in [6.45, 7) is 0. The van der Waals surface area contributed by atoms with Crippen LogP contribution in [0.15, 0.2) is 47.2 Å². The van der Waals surface area contributed by atoms with E-state index in [1.165, 1.54) is 0 Å². The summed E-state index contributed by atoms with van der Waals surface area (Å²) in [6.07, 6.45) is 3.39. The number of fused-ring (bicyclic) bond motifs is 1. The van der Waals surface area contributed by atoms with Crippen LogP contribution in [-0.2, 0) is 0 Å². The molecule has 0 saturated carbocycles. The van der Waals surface area contributed by atoms with E-state index in [9.17, 15) is 4.79 Å². The van der Waals surface area contributed by atoms with Crippen molar-refractivity contribution in [3.05, 3.63) is 57.9 Å². The SMILES string of the molecule is O=C(Nc1ccc(Cl)cc1)c1cc2ncc(Br)cn2n1. The summed E-state index contributed by atoms with van der Waals surface area (Å²) in [5, 5.41) is 7.54. The van der Waals surface area contributed by atoms with Gasteiger partial charge in [-0.3, -0.25) is 4.79 Å². The number of halogens is 2. The van der Waals surface area contributed by atoms with Crippen LogP contribution >= 0.6 is 27.5 Å². The van der Waals surface area contributed by atoms with Gasteiger partial charge in [-0.25, -0.2) is 9.50 Å². The normalized spacial score (nSPS) is 10.7. The number of rotatable bonds is 2. The van der Waals surface area contributed by atoms with Gasteiger partial charge in [0, 0.05) is 29.2 Å². The van der Waals surface area contributed by atoms with Gasteiger partial charge in [0.25, 0.3) is 5.91 Å². The van der Waals surface area contributed by atoms with E-state index in [0.29, 0.717) is 22.1 Å². The van der Waals surface area contributed by atoms with Crippen LogP contribution in [0.3, 0.4) is 0 Å². The molecule has 3 aromatic rings. The molecular formula is C13H8BrClN4O. The van der Waals surface area contributed by atoms with Gasteiger partial charge in [0.1, 0.15) is 0 Å². The quantitative estimate of drug-likeness (QED) is 0.770. The molecule has 1 amide bonds. The molecule has 0 unspecified atom stereocenters. The molecule has 7 heteroatoms. The average Bonchev–Trinajstić information content (AvgIpc) is 2.84. The fourth-order valence-corrected chi connectivity index (χ4v) is 2.12. The fourth-order valence-electron chi connectivity index (χ4n) is 1.69. The third kappa shape index (κ3) is 2.66. The molecule has 20 heavy (non-hydrogen) atoms. The van der Waals surface area contributed by atoms with E-state index in [4.69, 9.17) is 11.6 Å². The number of carbonyl (C=O) groups excluding carboxylic acids is 1. The molecule has 3 rings (SSSR count). The predicted octanol–water partition coefficient (Wildman–Crippen LogP) is 3.40. The van der Waals surface area contributed by atoms with Crippen molar-refractivity contribution in [1.82, 2.24) is 14.6 Å². The van der Waals surface area contributed by atoms with Crippen molar-refractivity contribution < 1.29 is 4.79 Å². The van der Waals surface area contributed by atoms with Gasteiger partial charge >= 0.3 is 0 Å². The molecular weight excluding hydrogens is 344 g/mol. The number of amides is 1. The lowest BCUT2D eigenvalue weighted by Gasteiger charge is -2.02. The van der Waals surface area contributed by atoms with Crippen molar-refractivity contribution in [3.8, 4) is 0 Å². The van der Waals surface area contributed by atoms with Crippen molar-refractivity contribution >= 4 is 44.8 Å². The monoisotopic (exact) mass is 350 g/mol. The number of nitrogens with one attached hydrogen (secondary N) is 1. The van der Waals surface area contributed by atoms with Crippen LogP contribution in [0.5, 0.6) is 0 Å². The molecule has 0 aliphatic carbocycles. The first kappa shape index (κ1) is 13.1. The molecule has 0 aliphatic heterocycles. The standard InChI is InChI=1S/C13H8BrClN4O/c14-8-6-16-12-5-11(18-19(12)7-8)13(20)17-10-3-1-9(15)2-4-10/h1-7H,(H,17,20). The molecule has 0 aliphatic rings. The lowest BCUT2D eigenvalue weighted by molar-refractivity contribution is 0.102. The first-order chi connectivity index (χ1) is 9.61. The Morgan fingerprint density at radius 2 is 2.05 bits per heavy atom. The molecule has 0 bridgehead atoms. The third-order valence-corrected chi connectivity index (χ3v) is 3.28. The maximum absolute atomic E-state index is 12.1. The van der Waals surface area contributed by atoms with E-state index in [-0.39, 0.29) is 5.91 Å². The van der Waals surface area contributed by atoms with Crippen LogP contribution in [-0.4, -0.2) is 20.5 Å². The first-order valence-electron chi connectivity index (χ1n) is 5.70. The second-order valence-electron chi connectivity index (χ2n) is 4.07. The summed E-state index contributed by atoms with van der Waals surface area (Å²) in [7, 11) is 0. The highest BCUT2D eigenvalue weighted by Crippen LogP contribution is 2.15. The minimum Gasteiger partial charge on any atom is -0.321 e. The van der Waals surface area contributed by atoms with Gasteiger partial charge in [-0.2, -0.15) is 5.10 Å². The fraction of sp³-hybridized carbons (Fsp3) is 0. The topological polar surface area (TPSA) is 59.3 Å². The van der Waals surface area contributed by atoms with E-state index < -0.39 is 0 Å². The molecule has 100 valence electrons. The van der Waals surface area contributed by atoms with E-state index in [0.717, 1.165) is 4.47 Å². The molecule has 0 spiro atoms. The molecule has 1 aromatic carbocycles. The summed E-state index contributed by atoms with van der Waals surface area (Å²) < 4.78 is 2.33. The summed E-state index contributed by atoms with van der Waals surface area (Å²) in [6, 6.07) is 8.49. The molecule has 2 heterocycles. The van der Waals surface area contributed by atoms with Crippen LogP contribution in [0.4, 0.5) is 5.69 Å². The zero-order valence-corrected chi connectivity index (χ0v) is 12.4. The van der Waals surface area contributed by atoms with E-state index in [1.54, 1.807) is 47.2 Å². The van der Waals surface area contributed by atoms with E-state index in [2.05, 4.69) is 31.3 Å². The second kappa shape index (κ2) is 5.22. The van der Waals surface area contributed by atoms with Crippen LogP contribution in [0.25, 0.3) is 5.65 Å². The Bertz CT molecular complexity index is 785. The van der Waals surface area contributed by atoms with Gasteiger partial charge in [-0.15, -0.1) is 0 Å². The molecule has 0 fully saturated rings. The minimum absolute atomic E-state index is 0.297. The zero-order valence-electron chi connectivity index (χ0n) is 10.0. The van der Waals surface area contributed by atoms with Gasteiger partial charge in [-0.05, 0) is 40.2 Å². The number of anilines is 1. The predicted molar refractivity (Wildman–Crippen MR) is 80.1 cm³/mol. The Balaban J connectivity index is 1.86. The Morgan fingerprint density at radius 3 is 2.80 bits per heavy atom. The smallest absolute Gasteiger partial charge is 0.276 e. The van der Waals surface area contributed by atoms with Gasteiger partial charge in [0.15, 0.2) is 11.3 Å². The highest BCUT2D eigenvalue weighted by atomic mass is 79.9. The minimum atomic E-state index is -0.297. The van der Waals surface area contributed by atoms with E-state index in [1.807, 2.05) is 0 Å². The average molecular weight is 352 g/mol. The third-order valence-electron chi connectivity index (χ3n) is 2.62. The molecule has 0 radical (unpaired) electrons. The van der Waals surface area contributed by atoms with E-state index >= 15 is 0 Å². The van der Waals surface area contributed by atoms with Crippen LogP contribution in [0.1, 0.15) is 10.5 Å². The van der Waals surface area contributed by atoms with Crippen LogP contribution in [0.2, 0.25) is 5.02 Å². The molecule has 0 saturated heterocycles. The Labute approximate surface area is 127 Å². The highest BCUT2D eigenvalue weighted by molar-refractivity contribution is 9.10. The Morgan fingerprint density at radius 1 is 1.30 bits per heavy atom. The lowest BCUT2D eigenvalue weighted by atomic mass is 10.3. The van der Waals surface area contributed by atoms with Gasteiger partial charge < -0.3 is 5.32 Å². The lowest BCUT2D eigenvalue weighted by Crippen LogP contribution is -2.12. The van der Waals surface area contributed by atoms with Crippen LogP contribution < -0.4 is 5.32 Å². The Kier molecular flexibility index (Phi) is 3.42. The van der Waals surface area contributed by atoms with Crippen molar-refractivity contribution in [3.63, 3.8) is 0 Å². The Hall–Kier alpha value is -1.92. The van der Waals surface area contributed by atoms with Gasteiger partial charge in [0.05, 0.1) is 4.47 Å². The maximum atomic E-state index is 12.1. The van der Waals surface area contributed by atoms with Crippen LogP contribution in [0, 0.1) is 0 Å². The summed E-state index contributed by atoms with van der Waals surface area (Å²) >= 11 is 9.10. The largest absolute Gasteiger partial charge is 0.321 e. The molecule has 2 aromatic heterocycles. The molecule has 5 nitrogen and oxygen atoms in total. The van der Waals surface area contributed by atoms with Gasteiger partial charge in [0.2, 0.25) is 0 Å². The van der Waals surface area contributed by atoms with Crippen molar-refractivity contribution in [2.75, 3.05) is 5.32 Å². The summed E-state index contributed by atoms with van der Waals surface area (Å²) in [5.41, 5.74) is 1.56. The molecule has 1 N–H and O–H groups in total. The van der Waals surface area contributed by atoms with Crippen molar-refractivity contribution in [2.24, 2.45) is 0 Å². The zero-order chi connectivity index (χ0) is 14.1. The number of aromatic nitrogens is 3. The molecule has 0 atom stereocenters. The number of nitrogens with zero attached hydrogens (tertiary/aromatic N) is 3. The number of benzene rings is 1. The summed E-state index contributed by atoms with van der Waals surface area (Å²) in [5.74, 6) is -0.297. The summed E-state index contributed by atoms with van der Waals surface area (Å²) in [4.78, 5) is 16.3. The first-order valence-corrected chi connectivity index (χ1v) is 6.87. The number of hydrogen-bond acceptors (Lipinski definition) is 3. The maximum Gasteiger partial charge on any atom is 0.276 e. The van der Waals surface area contributed by atoms with Gasteiger partial charge in [-0.1, -0.05) is 11.6 Å². The second-order valence-corrected chi connectivity index (χ2v) is 5.42. The number of hydrogen-bond donors (Lipinski definition) is 1. The van der Waals surface area contributed by atoms with Crippen molar-refractivity contribution in [1.29, 1.82) is 0 Å². The number of carbonyl (C=O) groups is 1. The highest BCUT2D eigenvalue weighted by Gasteiger charge is 2.11.